The zero-order chi connectivity index (χ0) is 27.1. The molecule has 0 fully saturated rings. The van der Waals surface area contributed by atoms with E-state index in [9.17, 15) is 14.4 Å². The molecule has 38 heavy (non-hydrogen) atoms. The minimum Gasteiger partial charge on any atom is -0.456 e. The molecule has 3 aromatic carbocycles. The van der Waals surface area contributed by atoms with Gasteiger partial charge in [-0.05, 0) is 22.8 Å². The molecule has 0 bridgehead atoms. The molecule has 7 nitrogen and oxygen atoms in total. The van der Waals surface area contributed by atoms with Gasteiger partial charge in [0.05, 0.1) is 0 Å². The molecular formula is C31H32N2O5. The number of likely N-dealkylation sites (N-methyl/N-ethyl adjacent to an activating group) is 1. The maximum Gasteiger partial charge on any atom is 0.408 e. The number of nitrogens with one attached hydrogen (secondary N) is 1. The third-order valence-electron chi connectivity index (χ3n) is 6.67. The Kier molecular flexibility index (Phi) is 8.26. The number of allylic oxidation sites excluding steroid dienone is 1. The van der Waals surface area contributed by atoms with Crippen molar-refractivity contribution in [2.45, 2.75) is 38.3 Å². The first-order valence-electron chi connectivity index (χ1n) is 12.5. The summed E-state index contributed by atoms with van der Waals surface area (Å²) < 4.78 is 10.7. The van der Waals surface area contributed by atoms with Crippen LogP contribution < -0.4 is 10.2 Å². The molecule has 1 aliphatic heterocycles. The van der Waals surface area contributed by atoms with Gasteiger partial charge >= 0.3 is 12.1 Å². The molecule has 0 saturated heterocycles. The lowest BCUT2D eigenvalue weighted by atomic mass is 9.83. The zero-order valence-corrected chi connectivity index (χ0v) is 21.8. The number of carbonyl (C=O) groups is 3. The van der Waals surface area contributed by atoms with Gasteiger partial charge in [-0.15, -0.1) is 0 Å². The smallest absolute Gasteiger partial charge is 0.408 e. The number of alkyl carbamates (subject to hydrolysis) is 1. The summed E-state index contributed by atoms with van der Waals surface area (Å²) in [6.07, 6.45) is 0.980. The molecule has 0 spiro atoms. The summed E-state index contributed by atoms with van der Waals surface area (Å²) in [5, 5.41) is 2.59. The second-order valence-corrected chi connectivity index (χ2v) is 9.75. The number of anilines is 1. The highest BCUT2D eigenvalue weighted by atomic mass is 16.6. The van der Waals surface area contributed by atoms with E-state index < -0.39 is 24.7 Å². The first-order chi connectivity index (χ1) is 18.3. The number of hydrogen-bond acceptors (Lipinski definition) is 6. The minimum absolute atomic E-state index is 0.0670. The summed E-state index contributed by atoms with van der Waals surface area (Å²) >= 11 is 0. The number of fused-ring (bicyclic) bond motifs is 1. The van der Waals surface area contributed by atoms with Crippen molar-refractivity contribution in [2.75, 3.05) is 18.6 Å². The molecule has 4 rings (SSSR count). The number of esters is 1. The van der Waals surface area contributed by atoms with Crippen LogP contribution in [0.3, 0.4) is 0 Å². The second-order valence-electron chi connectivity index (χ2n) is 9.75. The number of hydrogen-bond donors (Lipinski definition) is 1. The SMILES string of the molecule is CN1/C(=C\C(=O)COC(=O)C(Cc2ccccc2)NC(=O)OCc2ccccc2)C(C)(C)c2ccccc21. The van der Waals surface area contributed by atoms with Gasteiger partial charge in [-0.2, -0.15) is 0 Å². The average molecular weight is 513 g/mol. The fraction of sp³-hybridized carbons (Fsp3) is 0.258. The number of benzene rings is 3. The highest BCUT2D eigenvalue weighted by Gasteiger charge is 2.38. The first-order valence-corrected chi connectivity index (χ1v) is 12.5. The molecule has 196 valence electrons. The Morgan fingerprint density at radius 2 is 1.47 bits per heavy atom. The highest BCUT2D eigenvalue weighted by Crippen LogP contribution is 2.46. The van der Waals surface area contributed by atoms with Crippen molar-refractivity contribution in [3.8, 4) is 0 Å². The lowest BCUT2D eigenvalue weighted by molar-refractivity contribution is -0.149. The number of carbonyl (C=O) groups excluding carboxylic acids is 3. The quantitative estimate of drug-likeness (QED) is 0.323. The van der Waals surface area contributed by atoms with Gasteiger partial charge in [-0.1, -0.05) is 92.7 Å². The molecule has 0 saturated carbocycles. The molecule has 1 unspecified atom stereocenters. The Balaban J connectivity index is 1.40. The Bertz CT molecular complexity index is 1320. The van der Waals surface area contributed by atoms with Crippen LogP contribution >= 0.6 is 0 Å². The summed E-state index contributed by atoms with van der Waals surface area (Å²) in [5.74, 6) is -1.05. The molecule has 0 radical (unpaired) electrons. The van der Waals surface area contributed by atoms with E-state index in [0.717, 1.165) is 28.1 Å². The Morgan fingerprint density at radius 3 is 2.13 bits per heavy atom. The molecule has 1 amide bonds. The molecular weight excluding hydrogens is 480 g/mol. The van der Waals surface area contributed by atoms with Crippen LogP contribution in [0.5, 0.6) is 0 Å². The lowest BCUT2D eigenvalue weighted by Crippen LogP contribution is -2.44. The van der Waals surface area contributed by atoms with Crippen LogP contribution in [0, 0.1) is 0 Å². The van der Waals surface area contributed by atoms with Crippen LogP contribution in [0.1, 0.15) is 30.5 Å². The molecule has 1 N–H and O–H groups in total. The monoisotopic (exact) mass is 512 g/mol. The lowest BCUT2D eigenvalue weighted by Gasteiger charge is -2.24. The van der Waals surface area contributed by atoms with Crippen LogP contribution in [0.15, 0.2) is 96.7 Å². The Morgan fingerprint density at radius 1 is 0.868 bits per heavy atom. The van der Waals surface area contributed by atoms with Crippen LogP contribution in [0.4, 0.5) is 10.5 Å². The van der Waals surface area contributed by atoms with E-state index in [-0.39, 0.29) is 24.2 Å². The Labute approximate surface area is 223 Å². The number of para-hydroxylation sites is 1. The van der Waals surface area contributed by atoms with E-state index in [2.05, 4.69) is 19.2 Å². The number of rotatable bonds is 9. The van der Waals surface area contributed by atoms with E-state index in [1.165, 1.54) is 6.08 Å². The van der Waals surface area contributed by atoms with Crippen LogP contribution in [0.25, 0.3) is 0 Å². The van der Waals surface area contributed by atoms with Crippen molar-refractivity contribution >= 4 is 23.5 Å². The maximum atomic E-state index is 13.0. The van der Waals surface area contributed by atoms with Gasteiger partial charge in [-0.3, -0.25) is 4.79 Å². The standard InChI is InChI=1S/C31H32N2O5/c1-31(2)25-16-10-11-17-27(25)33(3)28(31)19-24(34)21-37-29(35)26(18-22-12-6-4-7-13-22)32-30(36)38-20-23-14-8-5-9-15-23/h4-17,19,26H,18,20-21H2,1-3H3,(H,32,36)/b28-19-. The fourth-order valence-electron chi connectivity index (χ4n) is 4.65. The third-order valence-corrected chi connectivity index (χ3v) is 6.67. The van der Waals surface area contributed by atoms with Crippen LogP contribution in [-0.4, -0.2) is 37.5 Å². The predicted octanol–water partition coefficient (Wildman–Crippen LogP) is 4.95. The molecule has 1 heterocycles. The van der Waals surface area contributed by atoms with Crippen molar-refractivity contribution in [2.24, 2.45) is 0 Å². The fourth-order valence-corrected chi connectivity index (χ4v) is 4.65. The maximum absolute atomic E-state index is 13.0. The summed E-state index contributed by atoms with van der Waals surface area (Å²) in [7, 11) is 1.92. The highest BCUT2D eigenvalue weighted by molar-refractivity contribution is 5.95. The van der Waals surface area contributed by atoms with E-state index >= 15 is 0 Å². The van der Waals surface area contributed by atoms with Gasteiger partial charge in [0.15, 0.2) is 12.4 Å². The summed E-state index contributed by atoms with van der Waals surface area (Å²) in [6.45, 7) is 3.74. The molecule has 0 aromatic heterocycles. The van der Waals surface area contributed by atoms with Crippen molar-refractivity contribution in [3.05, 3.63) is 113 Å². The van der Waals surface area contributed by atoms with E-state index in [1.807, 2.05) is 96.9 Å². The van der Waals surface area contributed by atoms with Gasteiger partial charge in [0.1, 0.15) is 12.6 Å². The number of amides is 1. The largest absolute Gasteiger partial charge is 0.456 e. The van der Waals surface area contributed by atoms with Gasteiger partial charge in [0, 0.05) is 36.3 Å². The Hall–Kier alpha value is -4.39. The third kappa shape index (κ3) is 6.29. The first kappa shape index (κ1) is 26.7. The predicted molar refractivity (Wildman–Crippen MR) is 146 cm³/mol. The van der Waals surface area contributed by atoms with E-state index in [4.69, 9.17) is 9.47 Å². The topological polar surface area (TPSA) is 84.9 Å². The molecule has 7 heteroatoms. The summed E-state index contributed by atoms with van der Waals surface area (Å²) in [5.41, 5.74) is 4.27. The average Bonchev–Trinajstić information content (AvgIpc) is 3.12. The zero-order valence-electron chi connectivity index (χ0n) is 21.8. The van der Waals surface area contributed by atoms with Crippen molar-refractivity contribution in [1.29, 1.82) is 0 Å². The normalized spacial score (nSPS) is 15.4. The van der Waals surface area contributed by atoms with Crippen LogP contribution in [0.2, 0.25) is 0 Å². The molecule has 0 aliphatic carbocycles. The minimum atomic E-state index is -1.02. The molecule has 3 aromatic rings. The van der Waals surface area contributed by atoms with E-state index in [1.54, 1.807) is 0 Å². The van der Waals surface area contributed by atoms with Crippen molar-refractivity contribution < 1.29 is 23.9 Å². The summed E-state index contributed by atoms with van der Waals surface area (Å²) in [4.78, 5) is 40.3. The summed E-state index contributed by atoms with van der Waals surface area (Å²) in [6, 6.07) is 25.5. The van der Waals surface area contributed by atoms with Gasteiger partial charge < -0.3 is 19.7 Å². The van der Waals surface area contributed by atoms with Gasteiger partial charge in [0.2, 0.25) is 0 Å². The molecule has 1 atom stereocenters. The van der Waals surface area contributed by atoms with Gasteiger partial charge in [-0.25, -0.2) is 9.59 Å². The van der Waals surface area contributed by atoms with E-state index in [0.29, 0.717) is 0 Å². The molecule has 1 aliphatic rings. The van der Waals surface area contributed by atoms with Crippen molar-refractivity contribution in [1.82, 2.24) is 5.32 Å². The van der Waals surface area contributed by atoms with Gasteiger partial charge in [0.25, 0.3) is 0 Å². The number of ketones is 1. The van der Waals surface area contributed by atoms with Crippen molar-refractivity contribution in [3.63, 3.8) is 0 Å². The second kappa shape index (κ2) is 11.8. The number of ether oxygens (including phenoxy) is 2. The van der Waals surface area contributed by atoms with Crippen LogP contribution in [-0.2, 0) is 37.5 Å². The number of nitrogens with zero attached hydrogens (tertiary/aromatic N) is 1.